The number of nitrogens with zero attached hydrogens (tertiary/aromatic N) is 4. The number of aromatic nitrogens is 3. The van der Waals surface area contributed by atoms with Crippen molar-refractivity contribution in [2.45, 2.75) is 32.2 Å². The zero-order chi connectivity index (χ0) is 22.8. The maximum atomic E-state index is 13.3. The summed E-state index contributed by atoms with van der Waals surface area (Å²) >= 11 is 0. The van der Waals surface area contributed by atoms with Crippen molar-refractivity contribution >= 4 is 28.9 Å². The van der Waals surface area contributed by atoms with Crippen LogP contribution in [0.1, 0.15) is 32.0 Å². The SMILES string of the molecule is CC(C)c1nc(-c2ccccc2NC(=O)C2=NN(c3ccc(F)cc3)C(C(N)=O)C2)n[nH]1. The molecule has 1 atom stereocenters. The highest BCUT2D eigenvalue weighted by atomic mass is 19.1. The molecule has 2 aromatic carbocycles. The third-order valence-electron chi connectivity index (χ3n) is 5.06. The summed E-state index contributed by atoms with van der Waals surface area (Å²) in [7, 11) is 0. The topological polar surface area (TPSA) is 129 Å². The Hall–Kier alpha value is -4.08. The van der Waals surface area contributed by atoms with Gasteiger partial charge < -0.3 is 11.1 Å². The second-order valence-electron chi connectivity index (χ2n) is 7.69. The zero-order valence-electron chi connectivity index (χ0n) is 17.5. The summed E-state index contributed by atoms with van der Waals surface area (Å²) in [4.78, 5) is 29.4. The molecule has 0 bridgehead atoms. The van der Waals surface area contributed by atoms with Crippen LogP contribution in [-0.2, 0) is 9.59 Å². The van der Waals surface area contributed by atoms with E-state index in [0.29, 0.717) is 22.8 Å². The van der Waals surface area contributed by atoms with Crippen LogP contribution in [0.2, 0.25) is 0 Å². The molecule has 4 rings (SSSR count). The van der Waals surface area contributed by atoms with E-state index in [1.165, 1.54) is 29.3 Å². The smallest absolute Gasteiger partial charge is 0.271 e. The minimum absolute atomic E-state index is 0.0266. The van der Waals surface area contributed by atoms with E-state index in [1.807, 2.05) is 19.9 Å². The molecule has 0 radical (unpaired) electrons. The molecular weight excluding hydrogens is 413 g/mol. The number of aromatic amines is 1. The van der Waals surface area contributed by atoms with E-state index in [9.17, 15) is 14.0 Å². The van der Waals surface area contributed by atoms with Crippen LogP contribution in [0.3, 0.4) is 0 Å². The van der Waals surface area contributed by atoms with Crippen LogP contribution in [0.15, 0.2) is 53.6 Å². The van der Waals surface area contributed by atoms with Gasteiger partial charge in [-0.05, 0) is 36.4 Å². The van der Waals surface area contributed by atoms with Gasteiger partial charge in [0.15, 0.2) is 5.82 Å². The van der Waals surface area contributed by atoms with Crippen LogP contribution in [0.25, 0.3) is 11.4 Å². The van der Waals surface area contributed by atoms with Crippen molar-refractivity contribution in [3.05, 3.63) is 60.2 Å². The van der Waals surface area contributed by atoms with Crippen LogP contribution in [-0.4, -0.2) is 38.7 Å². The molecule has 0 fully saturated rings. The maximum Gasteiger partial charge on any atom is 0.271 e. The van der Waals surface area contributed by atoms with E-state index >= 15 is 0 Å². The fourth-order valence-corrected chi connectivity index (χ4v) is 3.34. The number of hydrogen-bond acceptors (Lipinski definition) is 6. The van der Waals surface area contributed by atoms with Crippen LogP contribution in [0, 0.1) is 5.82 Å². The highest BCUT2D eigenvalue weighted by Crippen LogP contribution is 2.28. The molecule has 164 valence electrons. The van der Waals surface area contributed by atoms with Gasteiger partial charge in [-0.3, -0.25) is 19.7 Å². The Bertz CT molecular complexity index is 1190. The fraction of sp³-hybridized carbons (Fsp3) is 0.227. The molecule has 32 heavy (non-hydrogen) atoms. The Morgan fingerprint density at radius 2 is 1.91 bits per heavy atom. The number of hydrazone groups is 1. The summed E-state index contributed by atoms with van der Waals surface area (Å²) in [6, 6.07) is 11.7. The first-order valence-electron chi connectivity index (χ1n) is 10.1. The first-order chi connectivity index (χ1) is 15.3. The van der Waals surface area contributed by atoms with Crippen LogP contribution in [0.4, 0.5) is 15.8 Å². The number of carbonyl (C=O) groups is 2. The molecule has 1 aliphatic rings. The van der Waals surface area contributed by atoms with E-state index in [-0.39, 0.29) is 18.1 Å². The zero-order valence-corrected chi connectivity index (χ0v) is 17.5. The minimum Gasteiger partial charge on any atom is -0.368 e. The normalized spacial score (nSPS) is 15.7. The van der Waals surface area contributed by atoms with Gasteiger partial charge in [0.1, 0.15) is 23.4 Å². The minimum atomic E-state index is -0.849. The predicted octanol–water partition coefficient (Wildman–Crippen LogP) is 2.79. The number of rotatable bonds is 6. The van der Waals surface area contributed by atoms with Crippen molar-refractivity contribution in [1.29, 1.82) is 0 Å². The number of anilines is 2. The molecular formula is C22H22FN7O2. The molecule has 10 heteroatoms. The standard InChI is InChI=1S/C22H22FN7O2/c1-12(2)20-26-21(28-27-20)15-5-3-4-6-16(15)25-22(32)17-11-18(19(24)31)30(29-17)14-9-7-13(23)8-10-14/h3-10,12,18H,11H2,1-2H3,(H2,24,31)(H,25,32)(H,26,27,28). The molecule has 0 saturated carbocycles. The summed E-state index contributed by atoms with van der Waals surface area (Å²) < 4.78 is 13.3. The highest BCUT2D eigenvalue weighted by Gasteiger charge is 2.35. The number of primary amides is 1. The number of halogens is 1. The van der Waals surface area contributed by atoms with Gasteiger partial charge in [0.2, 0.25) is 5.91 Å². The van der Waals surface area contributed by atoms with E-state index in [4.69, 9.17) is 5.73 Å². The van der Waals surface area contributed by atoms with Crippen LogP contribution in [0.5, 0.6) is 0 Å². The monoisotopic (exact) mass is 435 g/mol. The number of carbonyl (C=O) groups excluding carboxylic acids is 2. The number of para-hydroxylation sites is 1. The maximum absolute atomic E-state index is 13.3. The number of nitrogens with two attached hydrogens (primary N) is 1. The van der Waals surface area contributed by atoms with Crippen LogP contribution >= 0.6 is 0 Å². The van der Waals surface area contributed by atoms with E-state index in [0.717, 1.165) is 5.82 Å². The molecule has 2 amide bonds. The first kappa shape index (κ1) is 21.2. The molecule has 2 heterocycles. The summed E-state index contributed by atoms with van der Waals surface area (Å²) in [5.74, 6) is -0.165. The molecule has 1 unspecified atom stereocenters. The lowest BCUT2D eigenvalue weighted by Crippen LogP contribution is -2.39. The Labute approximate surface area is 183 Å². The van der Waals surface area contributed by atoms with E-state index in [1.54, 1.807) is 18.2 Å². The molecule has 0 aliphatic carbocycles. The van der Waals surface area contributed by atoms with Crippen molar-refractivity contribution in [3.63, 3.8) is 0 Å². The average molecular weight is 435 g/mol. The van der Waals surface area contributed by atoms with Gasteiger partial charge in [0.25, 0.3) is 5.91 Å². The predicted molar refractivity (Wildman–Crippen MR) is 118 cm³/mol. The Balaban J connectivity index is 1.59. The number of hydrogen-bond donors (Lipinski definition) is 3. The number of nitrogens with one attached hydrogen (secondary N) is 2. The average Bonchev–Trinajstić information content (AvgIpc) is 3.43. The van der Waals surface area contributed by atoms with Crippen LogP contribution < -0.4 is 16.1 Å². The Kier molecular flexibility index (Phi) is 5.67. The number of amides is 2. The molecule has 1 aliphatic heterocycles. The lowest BCUT2D eigenvalue weighted by molar-refractivity contribution is -0.119. The second kappa shape index (κ2) is 8.58. The molecule has 9 nitrogen and oxygen atoms in total. The molecule has 0 saturated heterocycles. The molecule has 3 aromatic rings. The third-order valence-corrected chi connectivity index (χ3v) is 5.06. The third kappa shape index (κ3) is 4.20. The van der Waals surface area contributed by atoms with Gasteiger partial charge in [-0.15, -0.1) is 0 Å². The van der Waals surface area contributed by atoms with Crippen molar-refractivity contribution in [1.82, 2.24) is 15.2 Å². The van der Waals surface area contributed by atoms with Gasteiger partial charge in [-0.1, -0.05) is 26.0 Å². The van der Waals surface area contributed by atoms with Crippen molar-refractivity contribution < 1.29 is 14.0 Å². The quantitative estimate of drug-likeness (QED) is 0.548. The lowest BCUT2D eigenvalue weighted by Gasteiger charge is -2.20. The van der Waals surface area contributed by atoms with Gasteiger partial charge in [-0.2, -0.15) is 10.2 Å². The van der Waals surface area contributed by atoms with Gasteiger partial charge in [0, 0.05) is 17.9 Å². The number of benzene rings is 2. The summed E-state index contributed by atoms with van der Waals surface area (Å²) in [6.45, 7) is 4.00. The largest absolute Gasteiger partial charge is 0.368 e. The molecule has 0 spiro atoms. The van der Waals surface area contributed by atoms with Crippen molar-refractivity contribution in [2.24, 2.45) is 10.8 Å². The van der Waals surface area contributed by atoms with Gasteiger partial charge >= 0.3 is 0 Å². The Morgan fingerprint density at radius 3 is 2.56 bits per heavy atom. The highest BCUT2D eigenvalue weighted by molar-refractivity contribution is 6.44. The summed E-state index contributed by atoms with van der Waals surface area (Å²) in [5.41, 5.74) is 7.25. The summed E-state index contributed by atoms with van der Waals surface area (Å²) in [6.07, 6.45) is 0.0266. The molecule has 1 aromatic heterocycles. The fourth-order valence-electron chi connectivity index (χ4n) is 3.34. The van der Waals surface area contributed by atoms with Crippen molar-refractivity contribution in [3.8, 4) is 11.4 Å². The first-order valence-corrected chi connectivity index (χ1v) is 10.1. The molecule has 4 N–H and O–H groups in total. The number of H-pyrrole nitrogens is 1. The second-order valence-corrected chi connectivity index (χ2v) is 7.69. The van der Waals surface area contributed by atoms with Gasteiger partial charge in [0.05, 0.1) is 11.4 Å². The summed E-state index contributed by atoms with van der Waals surface area (Å²) in [5, 5.41) is 15.6. The van der Waals surface area contributed by atoms with E-state index < -0.39 is 23.7 Å². The lowest BCUT2D eigenvalue weighted by atomic mass is 10.1. The Morgan fingerprint density at radius 1 is 1.19 bits per heavy atom. The van der Waals surface area contributed by atoms with Gasteiger partial charge in [-0.25, -0.2) is 9.37 Å². The van der Waals surface area contributed by atoms with E-state index in [2.05, 4.69) is 25.6 Å². The van der Waals surface area contributed by atoms with Crippen molar-refractivity contribution in [2.75, 3.05) is 10.3 Å².